The largest absolute Gasteiger partial charge is 0.416 e. The van der Waals surface area contributed by atoms with Crippen molar-refractivity contribution in [1.82, 2.24) is 14.9 Å². The molecule has 1 aromatic heterocycles. The van der Waals surface area contributed by atoms with Gasteiger partial charge in [-0.3, -0.25) is 9.69 Å². The maximum absolute atomic E-state index is 15.4. The molecule has 1 aromatic carbocycles. The first kappa shape index (κ1) is 25.1. The Kier molecular flexibility index (Phi) is 7.39. The van der Waals surface area contributed by atoms with Crippen molar-refractivity contribution in [1.29, 1.82) is 0 Å². The summed E-state index contributed by atoms with van der Waals surface area (Å²) < 4.78 is 68.5. The quantitative estimate of drug-likeness (QED) is 0.568. The number of piperidine rings is 1. The van der Waals surface area contributed by atoms with E-state index in [0.29, 0.717) is 25.2 Å². The molecule has 1 amide bonds. The van der Waals surface area contributed by atoms with Gasteiger partial charge in [0.2, 0.25) is 11.7 Å². The van der Waals surface area contributed by atoms with Crippen molar-refractivity contribution in [3.8, 4) is 0 Å². The minimum atomic E-state index is -4.48. The molecule has 0 radical (unpaired) electrons. The van der Waals surface area contributed by atoms with Crippen LogP contribution in [-0.4, -0.2) is 59.7 Å². The van der Waals surface area contributed by atoms with Crippen molar-refractivity contribution < 1.29 is 26.7 Å². The third kappa shape index (κ3) is 5.98. The zero-order valence-electron chi connectivity index (χ0n) is 18.9. The van der Waals surface area contributed by atoms with Crippen LogP contribution in [0.5, 0.6) is 0 Å². The molecule has 2 atom stereocenters. The van der Waals surface area contributed by atoms with Crippen LogP contribution in [0.4, 0.5) is 33.6 Å². The lowest BCUT2D eigenvalue weighted by Crippen LogP contribution is -2.40. The molecule has 0 spiro atoms. The van der Waals surface area contributed by atoms with E-state index in [-0.39, 0.29) is 43.0 Å². The molecule has 0 unspecified atom stereocenters. The zero-order chi connectivity index (χ0) is 25.2. The zero-order valence-corrected chi connectivity index (χ0v) is 18.9. The molecule has 0 aliphatic carbocycles. The van der Waals surface area contributed by atoms with Crippen LogP contribution in [0.15, 0.2) is 30.6 Å². The lowest BCUT2D eigenvalue weighted by molar-refractivity contribution is -0.137. The molecule has 7 nitrogen and oxygen atoms in total. The first-order valence-corrected chi connectivity index (χ1v) is 11.4. The van der Waals surface area contributed by atoms with Crippen LogP contribution in [0.25, 0.3) is 0 Å². The van der Waals surface area contributed by atoms with Gasteiger partial charge in [0.15, 0.2) is 11.6 Å². The van der Waals surface area contributed by atoms with Crippen LogP contribution < -0.4 is 16.0 Å². The summed E-state index contributed by atoms with van der Waals surface area (Å²) >= 11 is 0. The summed E-state index contributed by atoms with van der Waals surface area (Å²) in [5.41, 5.74) is 4.88. The maximum Gasteiger partial charge on any atom is 0.416 e. The Morgan fingerprint density at radius 1 is 1.14 bits per heavy atom. The van der Waals surface area contributed by atoms with Gasteiger partial charge >= 0.3 is 6.18 Å². The molecule has 2 aliphatic heterocycles. The summed E-state index contributed by atoms with van der Waals surface area (Å²) in [4.78, 5) is 22.5. The molecule has 2 saturated heterocycles. The van der Waals surface area contributed by atoms with Gasteiger partial charge in [0.25, 0.3) is 0 Å². The van der Waals surface area contributed by atoms with Gasteiger partial charge in [-0.1, -0.05) is 12.1 Å². The van der Waals surface area contributed by atoms with Crippen molar-refractivity contribution in [3.05, 3.63) is 47.5 Å². The molecular formula is C23H27F5N6O. The number of aromatic nitrogens is 2. The molecule has 2 aliphatic rings. The van der Waals surface area contributed by atoms with Gasteiger partial charge < -0.3 is 16.0 Å². The maximum atomic E-state index is 15.4. The second-order valence-electron chi connectivity index (χ2n) is 9.05. The molecule has 2 fully saturated rings. The normalized spacial score (nSPS) is 21.9. The molecule has 35 heavy (non-hydrogen) atoms. The van der Waals surface area contributed by atoms with E-state index in [2.05, 4.69) is 15.3 Å². The molecule has 2 aromatic rings. The van der Waals surface area contributed by atoms with Crippen LogP contribution in [0.2, 0.25) is 0 Å². The van der Waals surface area contributed by atoms with Gasteiger partial charge in [-0.25, -0.2) is 14.4 Å². The Morgan fingerprint density at radius 3 is 2.46 bits per heavy atom. The monoisotopic (exact) mass is 498 g/mol. The smallest absolute Gasteiger partial charge is 0.369 e. The number of nitrogens with two attached hydrogens (primary N) is 1. The predicted molar refractivity (Wildman–Crippen MR) is 120 cm³/mol. The SMILES string of the molecule is NC(=O)CN1CCC(CNc2ncnc(N3C[C@H](F)C[C@@H]3c3ccc(C(F)(F)F)cc3)c2F)CC1. The second-order valence-corrected chi connectivity index (χ2v) is 9.05. The molecule has 0 saturated carbocycles. The summed E-state index contributed by atoms with van der Waals surface area (Å²) in [6.07, 6.45) is -2.93. The van der Waals surface area contributed by atoms with Crippen LogP contribution in [-0.2, 0) is 11.0 Å². The van der Waals surface area contributed by atoms with E-state index in [1.54, 1.807) is 0 Å². The van der Waals surface area contributed by atoms with E-state index in [1.165, 1.54) is 23.4 Å². The molecule has 0 bridgehead atoms. The van der Waals surface area contributed by atoms with Crippen LogP contribution in [0.3, 0.4) is 0 Å². The van der Waals surface area contributed by atoms with E-state index in [9.17, 15) is 22.4 Å². The highest BCUT2D eigenvalue weighted by Crippen LogP contribution is 2.39. The van der Waals surface area contributed by atoms with Gasteiger partial charge in [-0.05, 0) is 49.5 Å². The first-order valence-electron chi connectivity index (χ1n) is 11.4. The van der Waals surface area contributed by atoms with Crippen molar-refractivity contribution in [2.45, 2.75) is 37.7 Å². The topological polar surface area (TPSA) is 87.4 Å². The molecule has 190 valence electrons. The first-order chi connectivity index (χ1) is 16.6. The Hall–Kier alpha value is -3.02. The standard InChI is InChI=1S/C23H27F5N6O/c24-17-9-18(15-1-3-16(4-2-15)23(26,27)28)34(11-17)22-20(25)21(31-13-32-22)30-10-14-5-7-33(8-6-14)12-19(29)35/h1-4,13-14,17-18H,5-12H2,(H2,29,35)(H,30,31,32)/t17-,18-/m1/s1. The summed E-state index contributed by atoms with van der Waals surface area (Å²) in [5, 5.41) is 3.01. The number of carbonyl (C=O) groups is 1. The fourth-order valence-electron chi connectivity index (χ4n) is 4.72. The Bertz CT molecular complexity index is 1030. The molecule has 12 heteroatoms. The van der Waals surface area contributed by atoms with Crippen LogP contribution in [0, 0.1) is 11.7 Å². The Morgan fingerprint density at radius 2 is 1.83 bits per heavy atom. The number of nitrogens with zero attached hydrogens (tertiary/aromatic N) is 4. The Balaban J connectivity index is 1.44. The third-order valence-corrected chi connectivity index (χ3v) is 6.56. The highest BCUT2D eigenvalue weighted by Gasteiger charge is 2.37. The molecular weight excluding hydrogens is 471 g/mol. The summed E-state index contributed by atoms with van der Waals surface area (Å²) in [6, 6.07) is 3.82. The number of alkyl halides is 4. The summed E-state index contributed by atoms with van der Waals surface area (Å²) in [7, 11) is 0. The average Bonchev–Trinajstić information content (AvgIpc) is 3.20. The van der Waals surface area contributed by atoms with Gasteiger partial charge in [0.05, 0.1) is 24.7 Å². The minimum Gasteiger partial charge on any atom is -0.369 e. The minimum absolute atomic E-state index is 0.0111. The van der Waals surface area contributed by atoms with Crippen LogP contribution in [0.1, 0.15) is 36.4 Å². The predicted octanol–water partition coefficient (Wildman–Crippen LogP) is 3.53. The lowest BCUT2D eigenvalue weighted by Gasteiger charge is -2.31. The number of hydrogen-bond acceptors (Lipinski definition) is 6. The highest BCUT2D eigenvalue weighted by atomic mass is 19.4. The van der Waals surface area contributed by atoms with Gasteiger partial charge in [-0.2, -0.15) is 17.6 Å². The lowest BCUT2D eigenvalue weighted by atomic mass is 9.97. The third-order valence-electron chi connectivity index (χ3n) is 6.56. The van der Waals surface area contributed by atoms with Crippen molar-refractivity contribution >= 4 is 17.5 Å². The molecule has 3 N–H and O–H groups in total. The van der Waals surface area contributed by atoms with Crippen molar-refractivity contribution in [2.75, 3.05) is 42.9 Å². The molecule has 4 rings (SSSR count). The number of primary amides is 1. The summed E-state index contributed by atoms with van der Waals surface area (Å²) in [5.74, 6) is -0.959. The fourth-order valence-corrected chi connectivity index (χ4v) is 4.72. The number of amides is 1. The van der Waals surface area contributed by atoms with E-state index in [0.717, 1.165) is 25.0 Å². The fraction of sp³-hybridized carbons (Fsp3) is 0.522. The van der Waals surface area contributed by atoms with E-state index < -0.39 is 29.8 Å². The van der Waals surface area contributed by atoms with Crippen molar-refractivity contribution in [3.63, 3.8) is 0 Å². The Labute approximate surface area is 199 Å². The molecule has 3 heterocycles. The van der Waals surface area contributed by atoms with E-state index >= 15 is 4.39 Å². The average molecular weight is 499 g/mol. The number of carbonyl (C=O) groups excluding carboxylic acids is 1. The van der Waals surface area contributed by atoms with Crippen molar-refractivity contribution in [2.24, 2.45) is 11.7 Å². The highest BCUT2D eigenvalue weighted by molar-refractivity contribution is 5.75. The van der Waals surface area contributed by atoms with Gasteiger partial charge in [0.1, 0.15) is 12.5 Å². The number of nitrogens with one attached hydrogen (secondary N) is 1. The van der Waals surface area contributed by atoms with Gasteiger partial charge in [-0.15, -0.1) is 0 Å². The van der Waals surface area contributed by atoms with Gasteiger partial charge in [0, 0.05) is 13.0 Å². The summed E-state index contributed by atoms with van der Waals surface area (Å²) in [6.45, 7) is 1.99. The van der Waals surface area contributed by atoms with E-state index in [4.69, 9.17) is 5.73 Å². The second kappa shape index (κ2) is 10.3. The number of anilines is 2. The van der Waals surface area contributed by atoms with Crippen LogP contribution >= 0.6 is 0 Å². The number of benzene rings is 1. The number of hydrogen-bond donors (Lipinski definition) is 2. The number of halogens is 5. The number of rotatable bonds is 7. The number of likely N-dealkylation sites (tertiary alicyclic amines) is 1. The van der Waals surface area contributed by atoms with E-state index in [1.807, 2.05) is 4.90 Å².